The fraction of sp³-hybridized carbons (Fsp3) is 0.250. The van der Waals surface area contributed by atoms with Crippen LogP contribution in [0, 0.1) is 11.6 Å². The van der Waals surface area contributed by atoms with Crippen molar-refractivity contribution in [1.82, 2.24) is 0 Å². The number of sulfonamides is 1. The molecule has 0 amide bonds. The summed E-state index contributed by atoms with van der Waals surface area (Å²) >= 11 is 2.86. The first-order chi connectivity index (χ1) is 7.35. The van der Waals surface area contributed by atoms with Crippen molar-refractivity contribution >= 4 is 31.6 Å². The molecule has 0 fully saturated rings. The van der Waals surface area contributed by atoms with Crippen molar-refractivity contribution in [2.24, 2.45) is 5.73 Å². The Kier molecular flexibility index (Phi) is 4.22. The molecule has 4 nitrogen and oxygen atoms in total. The van der Waals surface area contributed by atoms with Gasteiger partial charge in [-0.15, -0.1) is 0 Å². The van der Waals surface area contributed by atoms with Gasteiger partial charge in [0.1, 0.15) is 5.82 Å². The molecule has 0 radical (unpaired) electrons. The molecule has 0 spiro atoms. The van der Waals surface area contributed by atoms with Crippen molar-refractivity contribution in [3.8, 4) is 0 Å². The van der Waals surface area contributed by atoms with Crippen LogP contribution in [0.5, 0.6) is 0 Å². The lowest BCUT2D eigenvalue weighted by molar-refractivity contribution is 0.581. The highest BCUT2D eigenvalue weighted by Crippen LogP contribution is 2.27. The SMILES string of the molecule is NCCS(=O)(=O)Nc1c(F)cc(F)cc1Br. The fourth-order valence-corrected chi connectivity index (χ4v) is 2.57. The summed E-state index contributed by atoms with van der Waals surface area (Å²) in [5, 5.41) is 0. The highest BCUT2D eigenvalue weighted by Gasteiger charge is 2.16. The van der Waals surface area contributed by atoms with Crippen LogP contribution in [0.1, 0.15) is 0 Å². The number of benzene rings is 1. The summed E-state index contributed by atoms with van der Waals surface area (Å²) < 4.78 is 50.6. The summed E-state index contributed by atoms with van der Waals surface area (Å²) in [4.78, 5) is 0. The smallest absolute Gasteiger partial charge is 0.234 e. The monoisotopic (exact) mass is 314 g/mol. The van der Waals surface area contributed by atoms with Crippen molar-refractivity contribution in [3.63, 3.8) is 0 Å². The molecule has 0 bridgehead atoms. The van der Waals surface area contributed by atoms with Crippen molar-refractivity contribution in [2.75, 3.05) is 17.0 Å². The quantitative estimate of drug-likeness (QED) is 0.883. The molecule has 0 atom stereocenters. The third-order valence-corrected chi connectivity index (χ3v) is 3.56. The van der Waals surface area contributed by atoms with Gasteiger partial charge in [0.05, 0.1) is 11.4 Å². The van der Waals surface area contributed by atoms with E-state index >= 15 is 0 Å². The maximum atomic E-state index is 13.3. The molecule has 0 aliphatic rings. The van der Waals surface area contributed by atoms with Gasteiger partial charge in [-0.3, -0.25) is 4.72 Å². The third kappa shape index (κ3) is 3.39. The lowest BCUT2D eigenvalue weighted by Gasteiger charge is -2.09. The van der Waals surface area contributed by atoms with Crippen LogP contribution in [0.15, 0.2) is 16.6 Å². The normalized spacial score (nSPS) is 11.5. The minimum atomic E-state index is -3.71. The van der Waals surface area contributed by atoms with Crippen LogP contribution in [-0.2, 0) is 10.0 Å². The summed E-state index contributed by atoms with van der Waals surface area (Å²) in [7, 11) is -3.71. The Hall–Kier alpha value is -0.730. The number of anilines is 1. The Morgan fingerprint density at radius 3 is 2.50 bits per heavy atom. The molecule has 0 aromatic heterocycles. The van der Waals surface area contributed by atoms with Gasteiger partial charge in [0.25, 0.3) is 0 Å². The zero-order valence-corrected chi connectivity index (χ0v) is 10.4. The Bertz CT molecular complexity index is 470. The van der Waals surface area contributed by atoms with E-state index in [0.29, 0.717) is 6.07 Å². The van der Waals surface area contributed by atoms with E-state index in [9.17, 15) is 17.2 Å². The summed E-state index contributed by atoms with van der Waals surface area (Å²) in [5.74, 6) is -2.13. The van der Waals surface area contributed by atoms with Gasteiger partial charge in [0, 0.05) is 17.1 Å². The maximum absolute atomic E-state index is 13.3. The number of nitrogens with two attached hydrogens (primary N) is 1. The Labute approximate surface area is 100 Å². The van der Waals surface area contributed by atoms with Gasteiger partial charge in [-0.1, -0.05) is 0 Å². The van der Waals surface area contributed by atoms with Crippen LogP contribution in [0.4, 0.5) is 14.5 Å². The number of hydrogen-bond acceptors (Lipinski definition) is 3. The first-order valence-electron chi connectivity index (χ1n) is 4.21. The first kappa shape index (κ1) is 13.3. The van der Waals surface area contributed by atoms with Crippen molar-refractivity contribution in [2.45, 2.75) is 0 Å². The van der Waals surface area contributed by atoms with Crippen LogP contribution in [0.3, 0.4) is 0 Å². The average molecular weight is 315 g/mol. The minimum Gasteiger partial charge on any atom is -0.329 e. The van der Waals surface area contributed by atoms with Crippen LogP contribution in [0.25, 0.3) is 0 Å². The molecule has 0 aliphatic carbocycles. The van der Waals surface area contributed by atoms with Gasteiger partial charge < -0.3 is 5.73 Å². The second-order valence-corrected chi connectivity index (χ2v) is 5.65. The van der Waals surface area contributed by atoms with Crippen molar-refractivity contribution < 1.29 is 17.2 Å². The van der Waals surface area contributed by atoms with Crippen molar-refractivity contribution in [3.05, 3.63) is 28.2 Å². The standard InChI is InChI=1S/C8H9BrF2N2O2S/c9-6-3-5(10)4-7(11)8(6)13-16(14,15)2-1-12/h3-4,13H,1-2,12H2. The lowest BCUT2D eigenvalue weighted by atomic mass is 10.3. The number of halogens is 3. The summed E-state index contributed by atoms with van der Waals surface area (Å²) in [6, 6.07) is 1.55. The van der Waals surface area contributed by atoms with Crippen LogP contribution < -0.4 is 10.5 Å². The second-order valence-electron chi connectivity index (χ2n) is 2.95. The van der Waals surface area contributed by atoms with E-state index in [1.54, 1.807) is 0 Å². The fourth-order valence-electron chi connectivity index (χ4n) is 1.00. The predicted molar refractivity (Wildman–Crippen MR) is 60.5 cm³/mol. The van der Waals surface area contributed by atoms with Gasteiger partial charge in [0.2, 0.25) is 10.0 Å². The Balaban J connectivity index is 3.07. The van der Waals surface area contributed by atoms with E-state index in [0.717, 1.165) is 6.07 Å². The zero-order chi connectivity index (χ0) is 12.3. The lowest BCUT2D eigenvalue weighted by Crippen LogP contribution is -2.23. The summed E-state index contributed by atoms with van der Waals surface area (Å²) in [5.41, 5.74) is 4.76. The highest BCUT2D eigenvalue weighted by atomic mass is 79.9. The van der Waals surface area contributed by atoms with Crippen LogP contribution >= 0.6 is 15.9 Å². The average Bonchev–Trinajstić information content (AvgIpc) is 2.11. The summed E-state index contributed by atoms with van der Waals surface area (Å²) in [6.07, 6.45) is 0. The van der Waals surface area contributed by atoms with E-state index in [4.69, 9.17) is 5.73 Å². The maximum Gasteiger partial charge on any atom is 0.234 e. The van der Waals surface area contributed by atoms with Gasteiger partial charge in [-0.05, 0) is 22.0 Å². The van der Waals surface area contributed by atoms with E-state index in [2.05, 4.69) is 15.9 Å². The van der Waals surface area contributed by atoms with Crippen LogP contribution in [-0.4, -0.2) is 20.7 Å². The topological polar surface area (TPSA) is 72.2 Å². The predicted octanol–water partition coefficient (Wildman–Crippen LogP) is 1.43. The molecule has 90 valence electrons. The third-order valence-electron chi connectivity index (χ3n) is 1.65. The van der Waals surface area contributed by atoms with Crippen molar-refractivity contribution in [1.29, 1.82) is 0 Å². The van der Waals surface area contributed by atoms with E-state index in [1.807, 2.05) is 4.72 Å². The molecule has 1 aromatic carbocycles. The van der Waals surface area contributed by atoms with Gasteiger partial charge in [-0.25, -0.2) is 17.2 Å². The summed E-state index contributed by atoms with van der Waals surface area (Å²) in [6.45, 7) is -0.0875. The first-order valence-corrected chi connectivity index (χ1v) is 6.65. The largest absolute Gasteiger partial charge is 0.329 e. The van der Waals surface area contributed by atoms with E-state index in [-0.39, 0.29) is 22.5 Å². The molecular weight excluding hydrogens is 306 g/mol. The molecule has 0 aliphatic heterocycles. The van der Waals surface area contributed by atoms with Gasteiger partial charge >= 0.3 is 0 Å². The molecule has 1 rings (SSSR count). The molecule has 0 saturated heterocycles. The van der Waals surface area contributed by atoms with E-state index in [1.165, 1.54) is 0 Å². The Morgan fingerprint density at radius 1 is 1.38 bits per heavy atom. The molecule has 3 N–H and O–H groups in total. The van der Waals surface area contributed by atoms with E-state index < -0.39 is 21.7 Å². The van der Waals surface area contributed by atoms with Gasteiger partial charge in [-0.2, -0.15) is 0 Å². The molecule has 0 heterocycles. The molecule has 0 unspecified atom stereocenters. The minimum absolute atomic E-state index is 0.00871. The second kappa shape index (κ2) is 5.07. The molecule has 16 heavy (non-hydrogen) atoms. The highest BCUT2D eigenvalue weighted by molar-refractivity contribution is 9.10. The number of hydrogen-bond donors (Lipinski definition) is 2. The molecule has 1 aromatic rings. The number of rotatable bonds is 4. The molecular formula is C8H9BrF2N2O2S. The molecule has 0 saturated carbocycles. The van der Waals surface area contributed by atoms with Gasteiger partial charge in [0.15, 0.2) is 5.82 Å². The molecule has 8 heteroatoms. The Morgan fingerprint density at radius 2 is 2.00 bits per heavy atom. The zero-order valence-electron chi connectivity index (χ0n) is 8.00. The van der Waals surface area contributed by atoms with Crippen LogP contribution in [0.2, 0.25) is 0 Å². The number of nitrogens with one attached hydrogen (secondary N) is 1.